The van der Waals surface area contributed by atoms with Crippen molar-refractivity contribution in [1.82, 2.24) is 0 Å². The molecule has 0 N–H and O–H groups in total. The molecule has 0 aliphatic carbocycles. The molecule has 0 aliphatic heterocycles. The maximum absolute atomic E-state index is 5.65. The molecule has 1 rings (SSSR count). The highest BCUT2D eigenvalue weighted by atomic mass is 28.3. The summed E-state index contributed by atoms with van der Waals surface area (Å²) in [4.78, 5) is 0. The molecule has 1 aromatic carbocycles. The normalized spacial score (nSPS) is 12.0. The van der Waals surface area contributed by atoms with Crippen molar-refractivity contribution in [2.24, 2.45) is 0 Å². The van der Waals surface area contributed by atoms with E-state index in [1.54, 1.807) is 0 Å². The molecular weight excluding hydrogens is 228 g/mol. The minimum Gasteiger partial charge on any atom is -0.396 e. The first-order chi connectivity index (χ1) is 8.27. The van der Waals surface area contributed by atoms with Crippen molar-refractivity contribution in [3.63, 3.8) is 0 Å². The predicted octanol–water partition coefficient (Wildman–Crippen LogP) is 2.72. The van der Waals surface area contributed by atoms with Crippen LogP contribution in [0.2, 0.25) is 5.54 Å². The zero-order chi connectivity index (χ0) is 12.5. The first-order valence-electron chi connectivity index (χ1n) is 6.07. The summed E-state index contributed by atoms with van der Waals surface area (Å²) in [6, 6.07) is 10.0. The lowest BCUT2D eigenvalue weighted by atomic mass is 10.2. The van der Waals surface area contributed by atoms with E-state index in [0.717, 1.165) is 5.56 Å². The Bertz CT molecular complexity index is 361. The van der Waals surface area contributed by atoms with Crippen molar-refractivity contribution in [2.75, 3.05) is 13.2 Å². The molecule has 92 valence electrons. The standard InChI is InChI=1S/C14H20O2Si/c1-4-15-17(16-5-2)13(3)11-12-14-9-7-6-8-10-14/h6-10,13,17H,4-5H2,1-3H3. The Morgan fingerprint density at radius 2 is 1.71 bits per heavy atom. The fraction of sp³-hybridized carbons (Fsp3) is 0.429. The van der Waals surface area contributed by atoms with Crippen LogP contribution < -0.4 is 0 Å². The van der Waals surface area contributed by atoms with Gasteiger partial charge in [0.1, 0.15) is 0 Å². The van der Waals surface area contributed by atoms with Gasteiger partial charge in [0, 0.05) is 18.8 Å². The second kappa shape index (κ2) is 8.07. The zero-order valence-electron chi connectivity index (χ0n) is 10.8. The molecule has 1 aromatic rings. The van der Waals surface area contributed by atoms with Crippen molar-refractivity contribution in [3.05, 3.63) is 35.9 Å². The molecule has 0 saturated heterocycles. The second-order valence-electron chi connectivity index (χ2n) is 3.70. The van der Waals surface area contributed by atoms with Crippen LogP contribution in [-0.2, 0) is 8.85 Å². The Hall–Kier alpha value is -1.08. The average molecular weight is 248 g/mol. The molecule has 0 aromatic heterocycles. The highest BCUT2D eigenvalue weighted by Crippen LogP contribution is 2.10. The Morgan fingerprint density at radius 1 is 1.12 bits per heavy atom. The quantitative estimate of drug-likeness (QED) is 0.589. The van der Waals surface area contributed by atoms with Gasteiger partial charge in [0.05, 0.1) is 5.54 Å². The van der Waals surface area contributed by atoms with Gasteiger partial charge in [0.15, 0.2) is 0 Å². The van der Waals surface area contributed by atoms with Crippen molar-refractivity contribution in [1.29, 1.82) is 0 Å². The van der Waals surface area contributed by atoms with Gasteiger partial charge in [-0.25, -0.2) is 0 Å². The summed E-state index contributed by atoms with van der Waals surface area (Å²) in [5.74, 6) is 6.40. The van der Waals surface area contributed by atoms with Crippen LogP contribution in [0.25, 0.3) is 0 Å². The maximum atomic E-state index is 5.65. The summed E-state index contributed by atoms with van der Waals surface area (Å²) < 4.78 is 11.3. The summed E-state index contributed by atoms with van der Waals surface area (Å²) >= 11 is 0. The van der Waals surface area contributed by atoms with Gasteiger partial charge in [0.2, 0.25) is 0 Å². The van der Waals surface area contributed by atoms with E-state index in [-0.39, 0.29) is 5.54 Å². The van der Waals surface area contributed by atoms with Crippen LogP contribution in [0.4, 0.5) is 0 Å². The SMILES string of the molecule is CCO[SiH](OCC)C(C)C#Cc1ccccc1. The molecule has 0 radical (unpaired) electrons. The first kappa shape index (κ1) is 14.0. The second-order valence-corrected chi connectivity index (χ2v) is 6.11. The third kappa shape index (κ3) is 5.18. The van der Waals surface area contributed by atoms with Gasteiger partial charge in [-0.15, -0.1) is 0 Å². The molecule has 2 nitrogen and oxygen atoms in total. The number of benzene rings is 1. The van der Waals surface area contributed by atoms with E-state index in [1.807, 2.05) is 44.2 Å². The molecule has 0 amide bonds. The maximum Gasteiger partial charge on any atom is 0.336 e. The van der Waals surface area contributed by atoms with E-state index in [4.69, 9.17) is 8.85 Å². The highest BCUT2D eigenvalue weighted by Gasteiger charge is 2.19. The molecule has 0 fully saturated rings. The smallest absolute Gasteiger partial charge is 0.336 e. The van der Waals surface area contributed by atoms with Crippen molar-refractivity contribution < 1.29 is 8.85 Å². The van der Waals surface area contributed by atoms with Crippen molar-refractivity contribution in [2.45, 2.75) is 26.3 Å². The Balaban J connectivity index is 2.63. The lowest BCUT2D eigenvalue weighted by Crippen LogP contribution is -2.27. The van der Waals surface area contributed by atoms with Crippen LogP contribution in [0, 0.1) is 11.8 Å². The molecule has 3 heteroatoms. The van der Waals surface area contributed by atoms with Crippen molar-refractivity contribution >= 4 is 9.28 Å². The summed E-state index contributed by atoms with van der Waals surface area (Å²) in [6.07, 6.45) is 0. The van der Waals surface area contributed by atoms with E-state index in [2.05, 4.69) is 18.8 Å². The van der Waals surface area contributed by atoms with Gasteiger partial charge in [-0.05, 0) is 32.9 Å². The van der Waals surface area contributed by atoms with Crippen LogP contribution in [0.1, 0.15) is 26.3 Å². The van der Waals surface area contributed by atoms with Crippen LogP contribution in [0.3, 0.4) is 0 Å². The monoisotopic (exact) mass is 248 g/mol. The largest absolute Gasteiger partial charge is 0.396 e. The highest BCUT2D eigenvalue weighted by molar-refractivity contribution is 6.47. The lowest BCUT2D eigenvalue weighted by Gasteiger charge is -2.17. The van der Waals surface area contributed by atoms with Gasteiger partial charge in [0.25, 0.3) is 0 Å². The topological polar surface area (TPSA) is 18.5 Å². The van der Waals surface area contributed by atoms with Gasteiger partial charge in [-0.3, -0.25) is 0 Å². The summed E-state index contributed by atoms with van der Waals surface area (Å²) in [5, 5.41) is 0. The van der Waals surface area contributed by atoms with Gasteiger partial charge >= 0.3 is 9.28 Å². The van der Waals surface area contributed by atoms with E-state index < -0.39 is 9.28 Å². The molecule has 0 aliphatic rings. The third-order valence-corrected chi connectivity index (χ3v) is 4.59. The minimum absolute atomic E-state index is 0.204. The molecule has 17 heavy (non-hydrogen) atoms. The molecule has 1 atom stereocenters. The fourth-order valence-electron chi connectivity index (χ4n) is 1.45. The summed E-state index contributed by atoms with van der Waals surface area (Å²) in [5.41, 5.74) is 1.25. The van der Waals surface area contributed by atoms with Crippen LogP contribution in [-0.4, -0.2) is 22.5 Å². The van der Waals surface area contributed by atoms with Gasteiger partial charge in [-0.1, -0.05) is 30.0 Å². The summed E-state index contributed by atoms with van der Waals surface area (Å²) in [7, 11) is -1.64. The molecule has 0 spiro atoms. The van der Waals surface area contributed by atoms with E-state index in [9.17, 15) is 0 Å². The van der Waals surface area contributed by atoms with Crippen LogP contribution >= 0.6 is 0 Å². The first-order valence-corrected chi connectivity index (χ1v) is 7.68. The summed E-state index contributed by atoms with van der Waals surface area (Å²) in [6.45, 7) is 7.48. The Labute approximate surface area is 106 Å². The average Bonchev–Trinajstić information content (AvgIpc) is 2.37. The number of rotatable bonds is 5. The van der Waals surface area contributed by atoms with Gasteiger partial charge < -0.3 is 8.85 Å². The van der Waals surface area contributed by atoms with Crippen molar-refractivity contribution in [3.8, 4) is 11.8 Å². The van der Waals surface area contributed by atoms with Gasteiger partial charge in [-0.2, -0.15) is 0 Å². The minimum atomic E-state index is -1.64. The van der Waals surface area contributed by atoms with E-state index in [0.29, 0.717) is 13.2 Å². The Morgan fingerprint density at radius 3 is 2.24 bits per heavy atom. The molecular formula is C14H20O2Si. The molecule has 0 bridgehead atoms. The third-order valence-electron chi connectivity index (χ3n) is 2.29. The van der Waals surface area contributed by atoms with Crippen LogP contribution in [0.15, 0.2) is 30.3 Å². The van der Waals surface area contributed by atoms with Crippen LogP contribution in [0.5, 0.6) is 0 Å². The Kier molecular flexibility index (Phi) is 6.64. The zero-order valence-corrected chi connectivity index (χ0v) is 11.9. The molecule has 1 unspecified atom stereocenters. The van der Waals surface area contributed by atoms with E-state index >= 15 is 0 Å². The molecule has 0 saturated carbocycles. The number of hydrogen-bond donors (Lipinski definition) is 0. The predicted molar refractivity (Wildman–Crippen MR) is 73.1 cm³/mol. The van der Waals surface area contributed by atoms with E-state index in [1.165, 1.54) is 0 Å². The number of hydrogen-bond acceptors (Lipinski definition) is 2. The fourth-order valence-corrected chi connectivity index (χ4v) is 3.00. The molecule has 0 heterocycles. The lowest BCUT2D eigenvalue weighted by molar-refractivity contribution is 0.210.